The molecular weight excluding hydrogens is 200 g/mol. The van der Waals surface area contributed by atoms with Crippen molar-refractivity contribution >= 4 is 5.91 Å². The maximum Gasteiger partial charge on any atom is 0.239 e. The van der Waals surface area contributed by atoms with Gasteiger partial charge in [0, 0.05) is 12.6 Å². The molecule has 0 bridgehead atoms. The summed E-state index contributed by atoms with van der Waals surface area (Å²) in [5.41, 5.74) is 5.95. The van der Waals surface area contributed by atoms with Crippen LogP contribution in [0.4, 0.5) is 0 Å². The largest absolute Gasteiger partial charge is 0.338 e. The van der Waals surface area contributed by atoms with E-state index in [2.05, 4.69) is 13.8 Å². The number of nitrogens with zero attached hydrogens (tertiary/aromatic N) is 1. The van der Waals surface area contributed by atoms with Crippen molar-refractivity contribution in [3.63, 3.8) is 0 Å². The van der Waals surface area contributed by atoms with E-state index in [0.29, 0.717) is 6.04 Å². The zero-order valence-electron chi connectivity index (χ0n) is 10.7. The van der Waals surface area contributed by atoms with Gasteiger partial charge in [0.1, 0.15) is 0 Å². The van der Waals surface area contributed by atoms with Gasteiger partial charge in [-0.25, -0.2) is 0 Å². The van der Waals surface area contributed by atoms with Crippen molar-refractivity contribution < 1.29 is 4.79 Å². The minimum Gasteiger partial charge on any atom is -0.338 e. The lowest BCUT2D eigenvalue weighted by atomic mass is 10.1. The Morgan fingerprint density at radius 3 is 2.44 bits per heavy atom. The van der Waals surface area contributed by atoms with Crippen LogP contribution in [0.15, 0.2) is 0 Å². The van der Waals surface area contributed by atoms with Gasteiger partial charge in [-0.2, -0.15) is 0 Å². The van der Waals surface area contributed by atoms with Crippen LogP contribution in [0.1, 0.15) is 58.8 Å². The normalized spacial score (nSPS) is 17.2. The summed E-state index contributed by atoms with van der Waals surface area (Å²) in [6, 6.07) is 0.240. The molecule has 0 aromatic heterocycles. The summed E-state index contributed by atoms with van der Waals surface area (Å²) in [5.74, 6) is 0.185. The third-order valence-corrected chi connectivity index (χ3v) is 3.21. The highest BCUT2D eigenvalue weighted by Gasteiger charge is 2.33. The second-order valence-corrected chi connectivity index (χ2v) is 4.87. The minimum atomic E-state index is -0.266. The molecule has 0 unspecified atom stereocenters. The lowest BCUT2D eigenvalue weighted by Gasteiger charge is -2.25. The number of rotatable bonds is 8. The molecule has 1 aliphatic carbocycles. The number of carbonyl (C=O) groups excluding carboxylic acids is 1. The second kappa shape index (κ2) is 6.89. The standard InChI is InChI=1S/C13H26N2O/c1-3-5-7-12(14)13(16)15(10-6-4-2)11-8-9-11/h11-12H,3-10,14H2,1-2H3/t12-/m0/s1. The molecule has 1 rings (SSSR count). The van der Waals surface area contributed by atoms with Crippen molar-refractivity contribution in [3.05, 3.63) is 0 Å². The first-order chi connectivity index (χ1) is 7.70. The summed E-state index contributed by atoms with van der Waals surface area (Å²) in [5, 5.41) is 0. The number of nitrogens with two attached hydrogens (primary N) is 1. The highest BCUT2D eigenvalue weighted by atomic mass is 16.2. The van der Waals surface area contributed by atoms with Crippen LogP contribution in [0.25, 0.3) is 0 Å². The lowest BCUT2D eigenvalue weighted by molar-refractivity contribution is -0.133. The van der Waals surface area contributed by atoms with Crippen LogP contribution in [0.3, 0.4) is 0 Å². The fourth-order valence-corrected chi connectivity index (χ4v) is 1.95. The van der Waals surface area contributed by atoms with Gasteiger partial charge in [-0.3, -0.25) is 4.79 Å². The molecule has 1 amide bonds. The highest BCUT2D eigenvalue weighted by Crippen LogP contribution is 2.27. The van der Waals surface area contributed by atoms with E-state index in [1.54, 1.807) is 0 Å². The van der Waals surface area contributed by atoms with E-state index in [1.807, 2.05) is 4.90 Å². The van der Waals surface area contributed by atoms with Crippen molar-refractivity contribution in [2.45, 2.75) is 70.9 Å². The number of hydrogen-bond donors (Lipinski definition) is 1. The first-order valence-corrected chi connectivity index (χ1v) is 6.76. The Morgan fingerprint density at radius 1 is 1.31 bits per heavy atom. The lowest BCUT2D eigenvalue weighted by Crippen LogP contribution is -2.45. The van der Waals surface area contributed by atoms with E-state index in [0.717, 1.165) is 38.6 Å². The second-order valence-electron chi connectivity index (χ2n) is 4.87. The summed E-state index contributed by atoms with van der Waals surface area (Å²) in [6.45, 7) is 5.19. The van der Waals surface area contributed by atoms with Gasteiger partial charge in [0.15, 0.2) is 0 Å². The Bertz CT molecular complexity index is 214. The van der Waals surface area contributed by atoms with E-state index in [-0.39, 0.29) is 11.9 Å². The van der Waals surface area contributed by atoms with Crippen molar-refractivity contribution in [2.24, 2.45) is 5.73 Å². The fraction of sp³-hybridized carbons (Fsp3) is 0.923. The van der Waals surface area contributed by atoms with E-state index in [4.69, 9.17) is 5.73 Å². The summed E-state index contributed by atoms with van der Waals surface area (Å²) >= 11 is 0. The molecule has 1 aliphatic rings. The van der Waals surface area contributed by atoms with E-state index < -0.39 is 0 Å². The molecule has 1 fully saturated rings. The van der Waals surface area contributed by atoms with Crippen molar-refractivity contribution in [3.8, 4) is 0 Å². The number of carbonyl (C=O) groups is 1. The smallest absolute Gasteiger partial charge is 0.239 e. The van der Waals surface area contributed by atoms with Crippen LogP contribution in [0, 0.1) is 0 Å². The molecule has 1 atom stereocenters. The molecule has 0 spiro atoms. The summed E-state index contributed by atoms with van der Waals surface area (Å²) < 4.78 is 0. The molecule has 1 saturated carbocycles. The zero-order chi connectivity index (χ0) is 12.0. The molecule has 0 heterocycles. The summed E-state index contributed by atoms with van der Waals surface area (Å²) in [7, 11) is 0. The van der Waals surface area contributed by atoms with E-state index >= 15 is 0 Å². The topological polar surface area (TPSA) is 46.3 Å². The van der Waals surface area contributed by atoms with Gasteiger partial charge in [0.25, 0.3) is 0 Å². The average Bonchev–Trinajstić information content (AvgIpc) is 3.10. The monoisotopic (exact) mass is 226 g/mol. The third-order valence-electron chi connectivity index (χ3n) is 3.21. The number of unbranched alkanes of at least 4 members (excludes halogenated alkanes) is 2. The van der Waals surface area contributed by atoms with Gasteiger partial charge in [-0.1, -0.05) is 33.1 Å². The first kappa shape index (κ1) is 13.5. The molecule has 94 valence electrons. The maximum atomic E-state index is 12.1. The van der Waals surface area contributed by atoms with Gasteiger partial charge >= 0.3 is 0 Å². The van der Waals surface area contributed by atoms with Crippen LogP contribution in [0.5, 0.6) is 0 Å². The molecule has 3 heteroatoms. The molecule has 16 heavy (non-hydrogen) atoms. The van der Waals surface area contributed by atoms with Crippen LogP contribution >= 0.6 is 0 Å². The third kappa shape index (κ3) is 4.12. The van der Waals surface area contributed by atoms with Gasteiger partial charge in [0.05, 0.1) is 6.04 Å². The van der Waals surface area contributed by atoms with E-state index in [1.165, 1.54) is 12.8 Å². The summed E-state index contributed by atoms with van der Waals surface area (Å²) in [6.07, 6.45) is 7.60. The SMILES string of the molecule is CCCC[C@H](N)C(=O)N(CCCC)C1CC1. The van der Waals surface area contributed by atoms with Crippen LogP contribution in [0.2, 0.25) is 0 Å². The van der Waals surface area contributed by atoms with Crippen LogP contribution < -0.4 is 5.73 Å². The average molecular weight is 226 g/mol. The van der Waals surface area contributed by atoms with Crippen molar-refractivity contribution in [1.29, 1.82) is 0 Å². The van der Waals surface area contributed by atoms with Gasteiger partial charge in [0.2, 0.25) is 5.91 Å². The Morgan fingerprint density at radius 2 is 1.94 bits per heavy atom. The molecule has 2 N–H and O–H groups in total. The van der Waals surface area contributed by atoms with Crippen molar-refractivity contribution in [1.82, 2.24) is 4.90 Å². The molecule has 0 radical (unpaired) electrons. The van der Waals surface area contributed by atoms with Crippen LogP contribution in [-0.2, 0) is 4.79 Å². The predicted molar refractivity (Wildman–Crippen MR) is 67.1 cm³/mol. The molecule has 0 saturated heterocycles. The van der Waals surface area contributed by atoms with E-state index in [9.17, 15) is 4.79 Å². The minimum absolute atomic E-state index is 0.185. The zero-order valence-corrected chi connectivity index (χ0v) is 10.7. The Kier molecular flexibility index (Phi) is 5.81. The number of amides is 1. The first-order valence-electron chi connectivity index (χ1n) is 6.76. The molecule has 0 aliphatic heterocycles. The maximum absolute atomic E-state index is 12.1. The van der Waals surface area contributed by atoms with Gasteiger partial charge < -0.3 is 10.6 Å². The Hall–Kier alpha value is -0.570. The molecular formula is C13H26N2O. The summed E-state index contributed by atoms with van der Waals surface area (Å²) in [4.78, 5) is 14.2. The Balaban J connectivity index is 2.39. The number of hydrogen-bond acceptors (Lipinski definition) is 2. The quantitative estimate of drug-likeness (QED) is 0.690. The predicted octanol–water partition coefficient (Wildman–Crippen LogP) is 2.29. The van der Waals surface area contributed by atoms with Gasteiger partial charge in [-0.05, 0) is 25.7 Å². The van der Waals surface area contributed by atoms with Crippen molar-refractivity contribution in [2.75, 3.05) is 6.54 Å². The van der Waals surface area contributed by atoms with Crippen LogP contribution in [-0.4, -0.2) is 29.4 Å². The molecule has 3 nitrogen and oxygen atoms in total. The molecule has 0 aromatic rings. The van der Waals surface area contributed by atoms with Gasteiger partial charge in [-0.15, -0.1) is 0 Å². The highest BCUT2D eigenvalue weighted by molar-refractivity contribution is 5.82. The Labute approximate surface area is 99.4 Å². The fourth-order valence-electron chi connectivity index (χ4n) is 1.95. The molecule has 0 aromatic carbocycles.